The molecule has 0 aliphatic carbocycles. The predicted molar refractivity (Wildman–Crippen MR) is 142 cm³/mol. The van der Waals surface area contributed by atoms with Crippen molar-refractivity contribution in [3.05, 3.63) is 87.5 Å². The van der Waals surface area contributed by atoms with Crippen LogP contribution in [0.25, 0.3) is 5.70 Å². The molecule has 0 fully saturated rings. The van der Waals surface area contributed by atoms with Gasteiger partial charge >= 0.3 is 5.97 Å². The van der Waals surface area contributed by atoms with Crippen LogP contribution in [-0.4, -0.2) is 47.0 Å². The number of thioether (sulfide) groups is 1. The van der Waals surface area contributed by atoms with Crippen LogP contribution < -0.4 is 0 Å². The maximum Gasteiger partial charge on any atom is 0.338 e. The van der Waals surface area contributed by atoms with E-state index in [1.54, 1.807) is 18.9 Å². The summed E-state index contributed by atoms with van der Waals surface area (Å²) in [6, 6.07) is 15.5. The van der Waals surface area contributed by atoms with Gasteiger partial charge in [0.25, 0.3) is 0 Å². The van der Waals surface area contributed by atoms with E-state index >= 15 is 0 Å². The number of carbonyl (C=O) groups excluding carboxylic acids is 2. The van der Waals surface area contributed by atoms with Crippen LogP contribution >= 0.6 is 11.8 Å². The molecular weight excluding hydrogens is 458 g/mol. The summed E-state index contributed by atoms with van der Waals surface area (Å²) in [5.41, 5.74) is 5.99. The molecule has 1 atom stereocenters. The fourth-order valence-corrected chi connectivity index (χ4v) is 5.30. The standard InChI is InChI=1S/C28H31N3O3S/c1-6-30(5)23(32)16-21-17-35-28-29-25(20-11-9-8-10-12-20)24(27(33)34-7-2)26(31(21)28)22-14-13-18(3)15-19(22)4/h8-15,17,26H,6-7,16H2,1-5H3. The van der Waals surface area contributed by atoms with E-state index in [9.17, 15) is 9.59 Å². The Morgan fingerprint density at radius 2 is 1.86 bits per heavy atom. The minimum Gasteiger partial charge on any atom is -0.463 e. The van der Waals surface area contributed by atoms with E-state index in [2.05, 4.69) is 32.0 Å². The highest BCUT2D eigenvalue weighted by molar-refractivity contribution is 8.16. The van der Waals surface area contributed by atoms with Crippen molar-refractivity contribution < 1.29 is 14.3 Å². The van der Waals surface area contributed by atoms with E-state index in [-0.39, 0.29) is 18.9 Å². The van der Waals surface area contributed by atoms with Crippen LogP contribution in [0, 0.1) is 13.8 Å². The number of aliphatic imine (C=N–C) groups is 1. The van der Waals surface area contributed by atoms with Gasteiger partial charge in [0.2, 0.25) is 5.91 Å². The SMILES string of the molecule is CCOC(=O)C1=C(c2ccccc2)N=C2SC=C(CC(=O)N(C)CC)N2C1c1ccc(C)cc1C. The summed E-state index contributed by atoms with van der Waals surface area (Å²) >= 11 is 1.49. The zero-order valence-corrected chi connectivity index (χ0v) is 21.7. The molecule has 4 rings (SSSR count). The van der Waals surface area contributed by atoms with Crippen molar-refractivity contribution in [3.63, 3.8) is 0 Å². The Morgan fingerprint density at radius 1 is 1.11 bits per heavy atom. The molecule has 0 bridgehead atoms. The molecule has 0 saturated carbocycles. The van der Waals surface area contributed by atoms with Crippen molar-refractivity contribution in [1.29, 1.82) is 0 Å². The number of rotatable bonds is 7. The monoisotopic (exact) mass is 489 g/mol. The molecule has 1 amide bonds. The highest BCUT2D eigenvalue weighted by Gasteiger charge is 2.42. The first-order valence-electron chi connectivity index (χ1n) is 11.9. The molecular formula is C28H31N3O3S. The van der Waals surface area contributed by atoms with Gasteiger partial charge in [-0.2, -0.15) is 0 Å². The van der Waals surface area contributed by atoms with Crippen molar-refractivity contribution in [2.24, 2.45) is 4.99 Å². The third kappa shape index (κ3) is 4.91. The predicted octanol–water partition coefficient (Wildman–Crippen LogP) is 5.45. The van der Waals surface area contributed by atoms with Gasteiger partial charge < -0.3 is 14.5 Å². The molecule has 182 valence electrons. The molecule has 6 nitrogen and oxygen atoms in total. The van der Waals surface area contributed by atoms with Gasteiger partial charge in [0.05, 0.1) is 30.3 Å². The molecule has 2 aromatic rings. The van der Waals surface area contributed by atoms with Crippen molar-refractivity contribution >= 4 is 34.5 Å². The molecule has 2 aromatic carbocycles. The Kier molecular flexibility index (Phi) is 7.45. The van der Waals surface area contributed by atoms with Gasteiger partial charge in [-0.3, -0.25) is 4.79 Å². The number of benzene rings is 2. The Morgan fingerprint density at radius 3 is 2.51 bits per heavy atom. The van der Waals surface area contributed by atoms with Gasteiger partial charge in [-0.15, -0.1) is 0 Å². The molecule has 0 saturated heterocycles. The molecule has 35 heavy (non-hydrogen) atoms. The minimum absolute atomic E-state index is 0.0236. The van der Waals surface area contributed by atoms with Crippen LogP contribution in [0.1, 0.15) is 48.6 Å². The van der Waals surface area contributed by atoms with Crippen LogP contribution in [0.2, 0.25) is 0 Å². The number of nitrogens with zero attached hydrogens (tertiary/aromatic N) is 3. The fraction of sp³-hybridized carbons (Fsp3) is 0.321. The van der Waals surface area contributed by atoms with Gasteiger partial charge in [-0.1, -0.05) is 65.9 Å². The summed E-state index contributed by atoms with van der Waals surface area (Å²) in [4.78, 5) is 35.1. The zero-order chi connectivity index (χ0) is 25.1. The number of hydrogen-bond donors (Lipinski definition) is 0. The third-order valence-electron chi connectivity index (χ3n) is 6.30. The average Bonchev–Trinajstić information content (AvgIpc) is 3.25. The molecule has 2 aliphatic heterocycles. The molecule has 0 radical (unpaired) electrons. The lowest BCUT2D eigenvalue weighted by Crippen LogP contribution is -2.38. The first-order chi connectivity index (χ1) is 16.8. The second kappa shape index (κ2) is 10.5. The molecule has 0 N–H and O–H groups in total. The van der Waals surface area contributed by atoms with Crippen LogP contribution in [0.15, 0.2) is 70.2 Å². The first kappa shape index (κ1) is 24.8. The molecule has 7 heteroatoms. The number of amidine groups is 1. The normalized spacial score (nSPS) is 17.1. The van der Waals surface area contributed by atoms with Crippen LogP contribution in [0.5, 0.6) is 0 Å². The van der Waals surface area contributed by atoms with Crippen molar-refractivity contribution in [3.8, 4) is 0 Å². The van der Waals surface area contributed by atoms with E-state index in [1.165, 1.54) is 11.8 Å². The summed E-state index contributed by atoms with van der Waals surface area (Å²) < 4.78 is 5.57. The molecule has 0 spiro atoms. The number of hydrogen-bond acceptors (Lipinski definition) is 6. The van der Waals surface area contributed by atoms with Crippen LogP contribution in [-0.2, 0) is 14.3 Å². The summed E-state index contributed by atoms with van der Waals surface area (Å²) in [5.74, 6) is -0.372. The maximum absolute atomic E-state index is 13.5. The molecule has 1 unspecified atom stereocenters. The molecule has 2 aliphatic rings. The number of amides is 1. The van der Waals surface area contributed by atoms with E-state index < -0.39 is 12.0 Å². The lowest BCUT2D eigenvalue weighted by Gasteiger charge is -2.37. The Bertz CT molecular complexity index is 1230. The summed E-state index contributed by atoms with van der Waals surface area (Å²) in [6.45, 7) is 8.76. The van der Waals surface area contributed by atoms with Crippen molar-refractivity contribution in [1.82, 2.24) is 9.80 Å². The van der Waals surface area contributed by atoms with E-state index in [0.29, 0.717) is 17.8 Å². The van der Waals surface area contributed by atoms with Crippen LogP contribution in [0.4, 0.5) is 0 Å². The van der Waals surface area contributed by atoms with E-state index in [4.69, 9.17) is 9.73 Å². The average molecular weight is 490 g/mol. The second-order valence-corrected chi connectivity index (χ2v) is 9.52. The smallest absolute Gasteiger partial charge is 0.338 e. The number of carbonyl (C=O) groups is 2. The fourth-order valence-electron chi connectivity index (χ4n) is 4.38. The third-order valence-corrected chi connectivity index (χ3v) is 7.19. The summed E-state index contributed by atoms with van der Waals surface area (Å²) in [7, 11) is 1.80. The Hall–Kier alpha value is -3.32. The van der Waals surface area contributed by atoms with E-state index in [0.717, 1.165) is 33.1 Å². The lowest BCUT2D eigenvalue weighted by molar-refractivity contribution is -0.139. The summed E-state index contributed by atoms with van der Waals surface area (Å²) in [5, 5.41) is 2.73. The van der Waals surface area contributed by atoms with Gasteiger partial charge in [0.15, 0.2) is 5.17 Å². The topological polar surface area (TPSA) is 62.2 Å². The van der Waals surface area contributed by atoms with Crippen molar-refractivity contribution in [2.45, 2.75) is 40.2 Å². The van der Waals surface area contributed by atoms with E-state index in [1.807, 2.05) is 47.6 Å². The number of fused-ring (bicyclic) bond motifs is 1. The molecule has 2 heterocycles. The lowest BCUT2D eigenvalue weighted by atomic mass is 9.88. The van der Waals surface area contributed by atoms with Gasteiger partial charge in [0.1, 0.15) is 0 Å². The summed E-state index contributed by atoms with van der Waals surface area (Å²) in [6.07, 6.45) is 0.231. The van der Waals surface area contributed by atoms with Crippen molar-refractivity contribution in [2.75, 3.05) is 20.2 Å². The van der Waals surface area contributed by atoms with Gasteiger partial charge in [-0.05, 0) is 44.2 Å². The zero-order valence-electron chi connectivity index (χ0n) is 20.9. The highest BCUT2D eigenvalue weighted by atomic mass is 32.2. The van der Waals surface area contributed by atoms with Gasteiger partial charge in [-0.25, -0.2) is 9.79 Å². The number of aryl methyl sites for hydroxylation is 2. The molecule has 0 aromatic heterocycles. The van der Waals surface area contributed by atoms with Crippen LogP contribution in [0.3, 0.4) is 0 Å². The quantitative estimate of drug-likeness (QED) is 0.484. The minimum atomic E-state index is -0.460. The largest absolute Gasteiger partial charge is 0.463 e. The van der Waals surface area contributed by atoms with Gasteiger partial charge in [0, 0.05) is 24.9 Å². The maximum atomic E-state index is 13.5. The number of ether oxygens (including phenoxy) is 1. The first-order valence-corrected chi connectivity index (χ1v) is 12.7. The Labute approximate surface area is 211 Å². The highest BCUT2D eigenvalue weighted by Crippen LogP contribution is 2.47. The number of esters is 1. The Balaban J connectivity index is 1.92. The second-order valence-electron chi connectivity index (χ2n) is 8.69.